The van der Waals surface area contributed by atoms with E-state index in [1.807, 2.05) is 4.90 Å². The molecule has 1 N–H and O–H groups in total. The number of anilines is 1. The summed E-state index contributed by atoms with van der Waals surface area (Å²) in [5.74, 6) is 0. The van der Waals surface area contributed by atoms with Gasteiger partial charge in [-0.05, 0) is 18.9 Å². The van der Waals surface area contributed by atoms with Gasteiger partial charge in [-0.1, -0.05) is 36.0 Å². The second-order valence-electron chi connectivity index (χ2n) is 4.89. The third-order valence-electron chi connectivity index (χ3n) is 3.61. The number of aliphatic hydroxyl groups excluding tert-OH is 1. The SMILES string of the molecule is O=[N+]([O-])c1cc(Cl)c(Cl)cc1N1CCCCCC1CO. The molecular formula is C13H16Cl2N2O3. The number of rotatable bonds is 3. The van der Waals surface area contributed by atoms with Gasteiger partial charge in [-0.15, -0.1) is 0 Å². The zero-order valence-electron chi connectivity index (χ0n) is 10.9. The molecule has 0 radical (unpaired) electrons. The van der Waals surface area contributed by atoms with Crippen LogP contribution in [0.2, 0.25) is 10.0 Å². The van der Waals surface area contributed by atoms with Crippen LogP contribution in [0.4, 0.5) is 11.4 Å². The smallest absolute Gasteiger partial charge is 0.294 e. The molecule has 2 rings (SSSR count). The Labute approximate surface area is 127 Å². The molecule has 1 unspecified atom stereocenters. The van der Waals surface area contributed by atoms with Crippen LogP contribution in [0, 0.1) is 10.1 Å². The molecule has 1 aromatic carbocycles. The van der Waals surface area contributed by atoms with Crippen LogP contribution in [0.5, 0.6) is 0 Å². The third-order valence-corrected chi connectivity index (χ3v) is 4.33. The molecule has 0 aliphatic carbocycles. The van der Waals surface area contributed by atoms with Gasteiger partial charge in [0, 0.05) is 12.6 Å². The Morgan fingerprint density at radius 1 is 1.30 bits per heavy atom. The molecular weight excluding hydrogens is 303 g/mol. The van der Waals surface area contributed by atoms with Crippen LogP contribution < -0.4 is 4.90 Å². The Balaban J connectivity index is 2.47. The zero-order chi connectivity index (χ0) is 14.7. The first-order chi connectivity index (χ1) is 9.54. The standard InChI is InChI=1S/C13H16Cl2N2O3/c14-10-6-12(13(17(19)20)7-11(10)15)16-5-3-1-2-4-9(16)8-18/h6-7,9,18H,1-5,8H2. The predicted octanol–water partition coefficient (Wildman–Crippen LogP) is 3.64. The second kappa shape index (κ2) is 6.61. The molecule has 1 saturated heterocycles. The van der Waals surface area contributed by atoms with Crippen molar-refractivity contribution in [3.05, 3.63) is 32.3 Å². The first-order valence-electron chi connectivity index (χ1n) is 6.55. The first-order valence-corrected chi connectivity index (χ1v) is 7.31. The van der Waals surface area contributed by atoms with Gasteiger partial charge in [0.2, 0.25) is 0 Å². The van der Waals surface area contributed by atoms with Gasteiger partial charge in [0.05, 0.1) is 27.6 Å². The molecule has 7 heteroatoms. The number of benzene rings is 1. The summed E-state index contributed by atoms with van der Waals surface area (Å²) in [5.41, 5.74) is 0.366. The van der Waals surface area contributed by atoms with Crippen LogP contribution in [-0.4, -0.2) is 29.2 Å². The van der Waals surface area contributed by atoms with E-state index in [2.05, 4.69) is 0 Å². The van der Waals surface area contributed by atoms with Gasteiger partial charge in [-0.2, -0.15) is 0 Å². The second-order valence-corrected chi connectivity index (χ2v) is 5.71. The first kappa shape index (κ1) is 15.4. The summed E-state index contributed by atoms with van der Waals surface area (Å²) in [6.45, 7) is 0.640. The molecule has 5 nitrogen and oxygen atoms in total. The number of nitro benzene ring substituents is 1. The number of nitrogens with zero attached hydrogens (tertiary/aromatic N) is 2. The molecule has 110 valence electrons. The number of hydrogen-bond donors (Lipinski definition) is 1. The average molecular weight is 319 g/mol. The van der Waals surface area contributed by atoms with Gasteiger partial charge >= 0.3 is 0 Å². The molecule has 1 fully saturated rings. The third kappa shape index (κ3) is 3.16. The van der Waals surface area contributed by atoms with Crippen LogP contribution >= 0.6 is 23.2 Å². The van der Waals surface area contributed by atoms with E-state index < -0.39 is 4.92 Å². The van der Waals surface area contributed by atoms with Crippen molar-refractivity contribution in [1.29, 1.82) is 0 Å². The summed E-state index contributed by atoms with van der Waals surface area (Å²) in [5, 5.41) is 21.2. The Bertz CT molecular complexity index is 511. The van der Waals surface area contributed by atoms with Crippen molar-refractivity contribution in [2.45, 2.75) is 31.7 Å². The maximum atomic E-state index is 11.2. The topological polar surface area (TPSA) is 66.6 Å². The van der Waals surface area contributed by atoms with E-state index in [9.17, 15) is 15.2 Å². The Morgan fingerprint density at radius 2 is 2.00 bits per heavy atom. The van der Waals surface area contributed by atoms with E-state index >= 15 is 0 Å². The van der Waals surface area contributed by atoms with Crippen LogP contribution in [-0.2, 0) is 0 Å². The number of aliphatic hydroxyl groups is 1. The molecule has 1 aliphatic heterocycles. The molecule has 0 saturated carbocycles. The van der Waals surface area contributed by atoms with Crippen molar-refractivity contribution >= 4 is 34.6 Å². The number of nitro groups is 1. The minimum absolute atomic E-state index is 0.0304. The molecule has 0 bridgehead atoms. The van der Waals surface area contributed by atoms with Crippen molar-refractivity contribution in [1.82, 2.24) is 0 Å². The minimum Gasteiger partial charge on any atom is -0.394 e. The molecule has 1 atom stereocenters. The van der Waals surface area contributed by atoms with Crippen LogP contribution in [0.15, 0.2) is 12.1 Å². The lowest BCUT2D eigenvalue weighted by Crippen LogP contribution is -2.37. The van der Waals surface area contributed by atoms with E-state index in [1.165, 1.54) is 12.1 Å². The largest absolute Gasteiger partial charge is 0.394 e. The summed E-state index contributed by atoms with van der Waals surface area (Å²) < 4.78 is 0. The molecule has 0 spiro atoms. The molecule has 0 amide bonds. The van der Waals surface area contributed by atoms with Crippen LogP contribution in [0.25, 0.3) is 0 Å². The number of halogens is 2. The maximum Gasteiger partial charge on any atom is 0.294 e. The summed E-state index contributed by atoms with van der Waals surface area (Å²) in [6.07, 6.45) is 3.82. The summed E-state index contributed by atoms with van der Waals surface area (Å²) >= 11 is 11.9. The van der Waals surface area contributed by atoms with E-state index in [4.69, 9.17) is 23.2 Å². The minimum atomic E-state index is -0.461. The van der Waals surface area contributed by atoms with E-state index in [0.717, 1.165) is 25.7 Å². The highest BCUT2D eigenvalue weighted by atomic mass is 35.5. The number of hydrogen-bond acceptors (Lipinski definition) is 4. The van der Waals surface area contributed by atoms with Gasteiger partial charge in [-0.25, -0.2) is 0 Å². The highest BCUT2D eigenvalue weighted by molar-refractivity contribution is 6.42. The van der Waals surface area contributed by atoms with E-state index in [-0.39, 0.29) is 28.4 Å². The normalized spacial score (nSPS) is 19.8. The van der Waals surface area contributed by atoms with Crippen molar-refractivity contribution in [3.8, 4) is 0 Å². The zero-order valence-corrected chi connectivity index (χ0v) is 12.4. The van der Waals surface area contributed by atoms with Gasteiger partial charge in [-0.3, -0.25) is 10.1 Å². The fraction of sp³-hybridized carbons (Fsp3) is 0.538. The molecule has 1 aliphatic rings. The lowest BCUT2D eigenvalue weighted by molar-refractivity contribution is -0.384. The monoisotopic (exact) mass is 318 g/mol. The highest BCUT2D eigenvalue weighted by Crippen LogP contribution is 2.38. The molecule has 20 heavy (non-hydrogen) atoms. The van der Waals surface area contributed by atoms with Crippen molar-refractivity contribution in [3.63, 3.8) is 0 Å². The molecule has 0 aromatic heterocycles. The van der Waals surface area contributed by atoms with E-state index in [0.29, 0.717) is 12.2 Å². The van der Waals surface area contributed by atoms with Crippen LogP contribution in [0.3, 0.4) is 0 Å². The molecule has 1 heterocycles. The van der Waals surface area contributed by atoms with Crippen molar-refractivity contribution in [2.75, 3.05) is 18.1 Å². The Morgan fingerprint density at radius 3 is 2.65 bits per heavy atom. The Kier molecular flexibility index (Phi) is 5.07. The van der Waals surface area contributed by atoms with Crippen molar-refractivity contribution in [2.24, 2.45) is 0 Å². The summed E-state index contributed by atoms with van der Waals surface area (Å²) in [4.78, 5) is 12.6. The fourth-order valence-electron chi connectivity index (χ4n) is 2.59. The maximum absolute atomic E-state index is 11.2. The van der Waals surface area contributed by atoms with E-state index in [1.54, 1.807) is 0 Å². The predicted molar refractivity (Wildman–Crippen MR) is 79.8 cm³/mol. The average Bonchev–Trinajstić information content (AvgIpc) is 2.66. The van der Waals surface area contributed by atoms with Gasteiger partial charge in [0.1, 0.15) is 5.69 Å². The van der Waals surface area contributed by atoms with Gasteiger partial charge in [0.15, 0.2) is 0 Å². The van der Waals surface area contributed by atoms with Gasteiger partial charge < -0.3 is 10.0 Å². The summed E-state index contributed by atoms with van der Waals surface area (Å²) in [6, 6.07) is 2.68. The quantitative estimate of drug-likeness (QED) is 0.682. The lowest BCUT2D eigenvalue weighted by atomic mass is 10.1. The Hall–Kier alpha value is -1.04. The summed E-state index contributed by atoms with van der Waals surface area (Å²) in [7, 11) is 0. The highest BCUT2D eigenvalue weighted by Gasteiger charge is 2.27. The molecule has 1 aromatic rings. The van der Waals surface area contributed by atoms with Crippen molar-refractivity contribution < 1.29 is 10.0 Å². The van der Waals surface area contributed by atoms with Crippen LogP contribution in [0.1, 0.15) is 25.7 Å². The van der Waals surface area contributed by atoms with Gasteiger partial charge in [0.25, 0.3) is 5.69 Å². The fourth-order valence-corrected chi connectivity index (χ4v) is 2.90. The lowest BCUT2D eigenvalue weighted by Gasteiger charge is -2.30.